The first-order valence-corrected chi connectivity index (χ1v) is 10.6. The van der Waals surface area contributed by atoms with Crippen LogP contribution in [0.2, 0.25) is 0 Å². The third-order valence-corrected chi connectivity index (χ3v) is 5.45. The number of nitrogens with one attached hydrogen (secondary N) is 1. The third kappa shape index (κ3) is 5.49. The zero-order valence-corrected chi connectivity index (χ0v) is 18.1. The second kappa shape index (κ2) is 9.72. The lowest BCUT2D eigenvalue weighted by Crippen LogP contribution is -2.47. The first-order valence-electron chi connectivity index (χ1n) is 10.6. The van der Waals surface area contributed by atoms with E-state index in [1.807, 2.05) is 31.2 Å². The van der Waals surface area contributed by atoms with Gasteiger partial charge in [0.1, 0.15) is 6.61 Å². The van der Waals surface area contributed by atoms with Crippen molar-refractivity contribution in [2.75, 3.05) is 19.8 Å². The van der Waals surface area contributed by atoms with Crippen LogP contribution in [0.4, 0.5) is 0 Å². The topological polar surface area (TPSA) is 111 Å². The Morgan fingerprint density at radius 2 is 1.82 bits per heavy atom. The molecule has 3 amide bonds. The Hall–Kier alpha value is -3.88. The van der Waals surface area contributed by atoms with Crippen molar-refractivity contribution in [1.29, 1.82) is 0 Å². The number of rotatable bonds is 6. The quantitative estimate of drug-likeness (QED) is 0.659. The minimum atomic E-state index is -0.998. The fourth-order valence-corrected chi connectivity index (χ4v) is 3.65. The molecule has 0 aliphatic carbocycles. The Labute approximate surface area is 190 Å². The van der Waals surface area contributed by atoms with Gasteiger partial charge in [-0.15, -0.1) is 0 Å². The summed E-state index contributed by atoms with van der Waals surface area (Å²) in [5.41, 5.74) is 2.09. The van der Waals surface area contributed by atoms with Gasteiger partial charge in [-0.3, -0.25) is 24.5 Å². The van der Waals surface area contributed by atoms with Crippen LogP contribution in [-0.4, -0.2) is 54.5 Å². The minimum absolute atomic E-state index is 0.0257. The SMILES string of the molecule is Cc1ccc(CN2CC(C(=O)OCC(=O)NC(=O)C3COc4ccccc4O3)CC2=O)cc1. The molecule has 2 aliphatic rings. The second-order valence-corrected chi connectivity index (χ2v) is 8.05. The van der Waals surface area contributed by atoms with Crippen molar-refractivity contribution in [3.8, 4) is 11.5 Å². The van der Waals surface area contributed by atoms with Crippen molar-refractivity contribution in [1.82, 2.24) is 10.2 Å². The van der Waals surface area contributed by atoms with Crippen molar-refractivity contribution in [3.63, 3.8) is 0 Å². The molecular weight excluding hydrogens is 428 g/mol. The monoisotopic (exact) mass is 452 g/mol. The van der Waals surface area contributed by atoms with Gasteiger partial charge in [-0.25, -0.2) is 0 Å². The number of likely N-dealkylation sites (tertiary alicyclic amines) is 1. The van der Waals surface area contributed by atoms with Gasteiger partial charge < -0.3 is 19.1 Å². The smallest absolute Gasteiger partial charge is 0.311 e. The van der Waals surface area contributed by atoms with Gasteiger partial charge in [0.05, 0.1) is 5.92 Å². The number of esters is 1. The van der Waals surface area contributed by atoms with Crippen molar-refractivity contribution in [3.05, 3.63) is 59.7 Å². The van der Waals surface area contributed by atoms with E-state index in [9.17, 15) is 19.2 Å². The van der Waals surface area contributed by atoms with Gasteiger partial charge in [0.25, 0.3) is 11.8 Å². The summed E-state index contributed by atoms with van der Waals surface area (Å²) < 4.78 is 16.0. The van der Waals surface area contributed by atoms with Crippen molar-refractivity contribution >= 4 is 23.7 Å². The van der Waals surface area contributed by atoms with Gasteiger partial charge in [-0.05, 0) is 24.6 Å². The molecule has 1 fully saturated rings. The molecule has 0 spiro atoms. The summed E-state index contributed by atoms with van der Waals surface area (Å²) in [6.45, 7) is 1.94. The van der Waals surface area contributed by atoms with Gasteiger partial charge >= 0.3 is 5.97 Å². The van der Waals surface area contributed by atoms with E-state index in [1.165, 1.54) is 0 Å². The summed E-state index contributed by atoms with van der Waals surface area (Å²) >= 11 is 0. The Balaban J connectivity index is 1.21. The number of nitrogens with zero attached hydrogens (tertiary/aromatic N) is 1. The van der Waals surface area contributed by atoms with Crippen LogP contribution in [0.3, 0.4) is 0 Å². The molecule has 172 valence electrons. The Morgan fingerprint density at radius 3 is 2.58 bits per heavy atom. The zero-order chi connectivity index (χ0) is 23.4. The standard InChI is InChI=1S/C24H24N2O7/c1-15-6-8-16(9-7-15)11-26-12-17(10-22(26)28)24(30)32-14-21(27)25-23(29)20-13-31-18-4-2-3-5-19(18)33-20/h2-9,17,20H,10-14H2,1H3,(H,25,27,29). The molecule has 2 unspecified atom stereocenters. The average molecular weight is 452 g/mol. The fourth-order valence-electron chi connectivity index (χ4n) is 3.65. The highest BCUT2D eigenvalue weighted by atomic mass is 16.6. The second-order valence-electron chi connectivity index (χ2n) is 8.05. The Morgan fingerprint density at radius 1 is 1.09 bits per heavy atom. The molecule has 0 saturated carbocycles. The molecule has 0 bridgehead atoms. The van der Waals surface area contributed by atoms with Crippen molar-refractivity contribution < 1.29 is 33.4 Å². The molecule has 1 saturated heterocycles. The molecule has 0 aromatic heterocycles. The van der Waals surface area contributed by atoms with E-state index < -0.39 is 36.4 Å². The summed E-state index contributed by atoms with van der Waals surface area (Å²) in [5.74, 6) is -2.00. The molecule has 33 heavy (non-hydrogen) atoms. The summed E-state index contributed by atoms with van der Waals surface area (Å²) in [6, 6.07) is 14.7. The van der Waals surface area contributed by atoms with Gasteiger partial charge in [-0.1, -0.05) is 42.0 Å². The van der Waals surface area contributed by atoms with E-state index >= 15 is 0 Å². The maximum atomic E-state index is 12.4. The predicted octanol–water partition coefficient (Wildman–Crippen LogP) is 1.37. The number of fused-ring (bicyclic) bond motifs is 1. The Kier molecular flexibility index (Phi) is 6.58. The van der Waals surface area contributed by atoms with E-state index in [0.717, 1.165) is 11.1 Å². The molecule has 9 nitrogen and oxygen atoms in total. The maximum absolute atomic E-state index is 12.4. The van der Waals surface area contributed by atoms with E-state index in [2.05, 4.69) is 5.32 Å². The molecule has 2 aliphatic heterocycles. The molecule has 2 aromatic rings. The highest BCUT2D eigenvalue weighted by Crippen LogP contribution is 2.30. The lowest BCUT2D eigenvalue weighted by molar-refractivity contribution is -0.153. The van der Waals surface area contributed by atoms with E-state index in [4.69, 9.17) is 14.2 Å². The number of hydrogen-bond donors (Lipinski definition) is 1. The van der Waals surface area contributed by atoms with Crippen LogP contribution >= 0.6 is 0 Å². The molecule has 2 atom stereocenters. The van der Waals surface area contributed by atoms with Crippen molar-refractivity contribution in [2.45, 2.75) is 26.0 Å². The number of ether oxygens (including phenoxy) is 3. The molecule has 2 aromatic carbocycles. The number of para-hydroxylation sites is 2. The molecule has 2 heterocycles. The summed E-state index contributed by atoms with van der Waals surface area (Å²) in [4.78, 5) is 50.6. The first kappa shape index (κ1) is 22.3. The number of aryl methyl sites for hydroxylation is 1. The fraction of sp³-hybridized carbons (Fsp3) is 0.333. The van der Waals surface area contributed by atoms with E-state index in [0.29, 0.717) is 18.0 Å². The first-order chi connectivity index (χ1) is 15.9. The minimum Gasteiger partial charge on any atom is -0.485 e. The third-order valence-electron chi connectivity index (χ3n) is 5.45. The molecule has 0 radical (unpaired) electrons. The van der Waals surface area contributed by atoms with Crippen LogP contribution in [0.15, 0.2) is 48.5 Å². The highest BCUT2D eigenvalue weighted by Gasteiger charge is 2.36. The van der Waals surface area contributed by atoms with Crippen LogP contribution < -0.4 is 14.8 Å². The van der Waals surface area contributed by atoms with Crippen LogP contribution in [0, 0.1) is 12.8 Å². The predicted molar refractivity (Wildman–Crippen MR) is 115 cm³/mol. The van der Waals surface area contributed by atoms with Gasteiger partial charge in [0.2, 0.25) is 12.0 Å². The average Bonchev–Trinajstić information content (AvgIpc) is 3.18. The largest absolute Gasteiger partial charge is 0.485 e. The van der Waals surface area contributed by atoms with Crippen LogP contribution in [0.25, 0.3) is 0 Å². The van der Waals surface area contributed by atoms with Crippen molar-refractivity contribution in [2.24, 2.45) is 5.92 Å². The van der Waals surface area contributed by atoms with Gasteiger partial charge in [-0.2, -0.15) is 0 Å². The number of imide groups is 1. The highest BCUT2D eigenvalue weighted by molar-refractivity contribution is 5.99. The summed E-state index contributed by atoms with van der Waals surface area (Å²) in [7, 11) is 0. The number of amides is 3. The van der Waals surface area contributed by atoms with Crippen LogP contribution in [0.1, 0.15) is 17.5 Å². The molecule has 1 N–H and O–H groups in total. The molecular formula is C24H24N2O7. The number of carbonyl (C=O) groups excluding carboxylic acids is 4. The number of carbonyl (C=O) groups is 4. The van der Waals surface area contributed by atoms with Crippen LogP contribution in [0.5, 0.6) is 11.5 Å². The van der Waals surface area contributed by atoms with Crippen LogP contribution in [-0.2, 0) is 30.5 Å². The Bertz CT molecular complexity index is 1070. The molecule has 4 rings (SSSR count). The molecule has 9 heteroatoms. The van der Waals surface area contributed by atoms with E-state index in [1.54, 1.807) is 29.2 Å². The number of benzene rings is 2. The lowest BCUT2D eigenvalue weighted by Gasteiger charge is -2.25. The van der Waals surface area contributed by atoms with Gasteiger partial charge in [0.15, 0.2) is 18.1 Å². The maximum Gasteiger partial charge on any atom is 0.311 e. The van der Waals surface area contributed by atoms with Gasteiger partial charge in [0, 0.05) is 19.5 Å². The normalized spacial score (nSPS) is 19.2. The van der Waals surface area contributed by atoms with E-state index in [-0.39, 0.29) is 25.5 Å². The lowest BCUT2D eigenvalue weighted by atomic mass is 10.1. The number of hydrogen-bond acceptors (Lipinski definition) is 7. The zero-order valence-electron chi connectivity index (χ0n) is 18.1. The summed E-state index contributed by atoms with van der Waals surface area (Å²) in [6.07, 6.45) is -0.972. The summed E-state index contributed by atoms with van der Waals surface area (Å²) in [5, 5.41) is 2.14.